The van der Waals surface area contributed by atoms with Gasteiger partial charge >= 0.3 is 0 Å². The van der Waals surface area contributed by atoms with Gasteiger partial charge in [0, 0.05) is 17.1 Å². The number of benzene rings is 3. The van der Waals surface area contributed by atoms with Gasteiger partial charge < -0.3 is 10.6 Å². The summed E-state index contributed by atoms with van der Waals surface area (Å²) in [5.41, 5.74) is 4.48. The number of hydrogen-bond acceptors (Lipinski definition) is 3. The Hall–Kier alpha value is -3.48. The summed E-state index contributed by atoms with van der Waals surface area (Å²) >= 11 is 11.2. The Morgan fingerprint density at radius 2 is 1.69 bits per heavy atom. The molecule has 0 saturated carbocycles. The second-order valence-corrected chi connectivity index (χ2v) is 8.22. The summed E-state index contributed by atoms with van der Waals surface area (Å²) in [4.78, 5) is 26.7. The standard InChI is InChI=1S/C25H20ClN3O2S/c1-16-2-12-21(13-3-16)29-24(31)22(28-25(29)32)14-17-4-8-19(9-5-17)23(30)27-15-18-6-10-20(26)11-7-18/h2-14H,15H2,1H3,(H,27,30)(H,28,32)/b22-14+. The fourth-order valence-corrected chi connectivity index (χ4v) is 3.67. The van der Waals surface area contributed by atoms with Crippen molar-refractivity contribution in [3.05, 3.63) is 106 Å². The van der Waals surface area contributed by atoms with E-state index in [2.05, 4.69) is 10.6 Å². The van der Waals surface area contributed by atoms with Crippen LogP contribution in [0.15, 0.2) is 78.5 Å². The number of hydrogen-bond donors (Lipinski definition) is 2. The Morgan fingerprint density at radius 3 is 2.34 bits per heavy atom. The highest BCUT2D eigenvalue weighted by Gasteiger charge is 2.31. The molecule has 160 valence electrons. The second-order valence-electron chi connectivity index (χ2n) is 7.40. The number of anilines is 1. The molecule has 2 amide bonds. The smallest absolute Gasteiger partial charge is 0.281 e. The fraction of sp³-hybridized carbons (Fsp3) is 0.0800. The Labute approximate surface area is 196 Å². The molecule has 1 fully saturated rings. The third-order valence-corrected chi connectivity index (χ3v) is 5.56. The van der Waals surface area contributed by atoms with Crippen LogP contribution in [0.4, 0.5) is 5.69 Å². The third-order valence-electron chi connectivity index (χ3n) is 5.02. The first-order valence-corrected chi connectivity index (χ1v) is 10.8. The Balaban J connectivity index is 1.43. The van der Waals surface area contributed by atoms with Gasteiger partial charge in [0.05, 0.1) is 5.69 Å². The van der Waals surface area contributed by atoms with Crippen molar-refractivity contribution in [2.45, 2.75) is 13.5 Å². The molecule has 1 heterocycles. The van der Waals surface area contributed by atoms with Gasteiger partial charge in [-0.25, -0.2) is 0 Å². The molecular formula is C25H20ClN3O2S. The number of rotatable bonds is 5. The van der Waals surface area contributed by atoms with Crippen LogP contribution in [0.5, 0.6) is 0 Å². The summed E-state index contributed by atoms with van der Waals surface area (Å²) in [5.74, 6) is -0.399. The Morgan fingerprint density at radius 1 is 1.03 bits per heavy atom. The van der Waals surface area contributed by atoms with E-state index in [1.807, 2.05) is 43.3 Å². The molecule has 0 aliphatic carbocycles. The van der Waals surface area contributed by atoms with Crippen molar-refractivity contribution >= 4 is 52.5 Å². The molecule has 1 aliphatic rings. The van der Waals surface area contributed by atoms with Crippen LogP contribution >= 0.6 is 23.8 Å². The zero-order valence-electron chi connectivity index (χ0n) is 17.3. The normalized spacial score (nSPS) is 14.6. The van der Waals surface area contributed by atoms with E-state index >= 15 is 0 Å². The quantitative estimate of drug-likeness (QED) is 0.421. The number of carbonyl (C=O) groups is 2. The molecule has 7 heteroatoms. The van der Waals surface area contributed by atoms with Crippen molar-refractivity contribution < 1.29 is 9.59 Å². The number of aryl methyl sites for hydroxylation is 1. The van der Waals surface area contributed by atoms with E-state index in [-0.39, 0.29) is 11.8 Å². The minimum absolute atomic E-state index is 0.180. The first-order chi connectivity index (χ1) is 15.4. The van der Waals surface area contributed by atoms with E-state index in [1.54, 1.807) is 42.5 Å². The Kier molecular flexibility index (Phi) is 6.35. The molecule has 4 rings (SSSR count). The van der Waals surface area contributed by atoms with Gasteiger partial charge in [-0.15, -0.1) is 0 Å². The molecule has 3 aromatic rings. The summed E-state index contributed by atoms with van der Waals surface area (Å²) in [7, 11) is 0. The first-order valence-electron chi connectivity index (χ1n) is 9.97. The maximum atomic E-state index is 12.9. The first kappa shape index (κ1) is 21.7. The molecule has 5 nitrogen and oxygen atoms in total. The molecular weight excluding hydrogens is 442 g/mol. The Bertz CT molecular complexity index is 1200. The number of carbonyl (C=O) groups excluding carboxylic acids is 2. The molecule has 2 N–H and O–H groups in total. The largest absolute Gasteiger partial charge is 0.348 e. The van der Waals surface area contributed by atoms with Gasteiger partial charge in [-0.3, -0.25) is 14.5 Å². The van der Waals surface area contributed by atoms with E-state index in [9.17, 15) is 9.59 Å². The highest BCUT2D eigenvalue weighted by Crippen LogP contribution is 2.23. The van der Waals surface area contributed by atoms with Crippen LogP contribution in [0.1, 0.15) is 27.0 Å². The molecule has 32 heavy (non-hydrogen) atoms. The van der Waals surface area contributed by atoms with Gasteiger partial charge in [-0.05, 0) is 72.7 Å². The number of amides is 2. The second kappa shape index (κ2) is 9.34. The predicted octanol–water partition coefficient (Wildman–Crippen LogP) is 4.84. The number of nitrogens with zero attached hydrogens (tertiary/aromatic N) is 1. The average molecular weight is 462 g/mol. The molecule has 0 unspecified atom stereocenters. The average Bonchev–Trinajstić information content (AvgIpc) is 3.07. The van der Waals surface area contributed by atoms with Crippen LogP contribution < -0.4 is 15.5 Å². The molecule has 1 aliphatic heterocycles. The fourth-order valence-electron chi connectivity index (χ4n) is 3.25. The van der Waals surface area contributed by atoms with Crippen LogP contribution in [0.25, 0.3) is 6.08 Å². The lowest BCUT2D eigenvalue weighted by Crippen LogP contribution is -2.30. The lowest BCUT2D eigenvalue weighted by molar-refractivity contribution is -0.113. The van der Waals surface area contributed by atoms with Crippen molar-refractivity contribution in [2.24, 2.45) is 0 Å². The molecule has 0 aromatic heterocycles. The lowest BCUT2D eigenvalue weighted by Gasteiger charge is -2.13. The van der Waals surface area contributed by atoms with E-state index < -0.39 is 0 Å². The predicted molar refractivity (Wildman–Crippen MR) is 131 cm³/mol. The van der Waals surface area contributed by atoms with E-state index in [0.717, 1.165) is 16.7 Å². The van der Waals surface area contributed by atoms with Crippen molar-refractivity contribution in [3.63, 3.8) is 0 Å². The number of halogens is 1. The van der Waals surface area contributed by atoms with Crippen molar-refractivity contribution in [1.29, 1.82) is 0 Å². The molecule has 0 radical (unpaired) electrons. The maximum absolute atomic E-state index is 12.9. The summed E-state index contributed by atoms with van der Waals surface area (Å²) < 4.78 is 0. The summed E-state index contributed by atoms with van der Waals surface area (Å²) in [5, 5.41) is 6.85. The van der Waals surface area contributed by atoms with Gasteiger partial charge in [0.15, 0.2) is 5.11 Å². The number of thiocarbonyl (C=S) groups is 1. The minimum Gasteiger partial charge on any atom is -0.348 e. The van der Waals surface area contributed by atoms with Crippen LogP contribution in [-0.2, 0) is 11.3 Å². The highest BCUT2D eigenvalue weighted by atomic mass is 35.5. The molecule has 0 atom stereocenters. The summed E-state index contributed by atoms with van der Waals surface area (Å²) in [6.07, 6.45) is 1.72. The molecule has 1 saturated heterocycles. The highest BCUT2D eigenvalue weighted by molar-refractivity contribution is 7.80. The SMILES string of the molecule is Cc1ccc(N2C(=O)/C(=C\c3ccc(C(=O)NCc4ccc(Cl)cc4)cc3)NC2=S)cc1. The van der Waals surface area contributed by atoms with Gasteiger partial charge in [-0.2, -0.15) is 0 Å². The zero-order chi connectivity index (χ0) is 22.7. The monoisotopic (exact) mass is 461 g/mol. The van der Waals surface area contributed by atoms with Crippen molar-refractivity contribution in [1.82, 2.24) is 10.6 Å². The van der Waals surface area contributed by atoms with Crippen LogP contribution in [0.2, 0.25) is 5.02 Å². The minimum atomic E-state index is -0.219. The zero-order valence-corrected chi connectivity index (χ0v) is 18.8. The van der Waals surface area contributed by atoms with E-state index in [0.29, 0.717) is 33.6 Å². The van der Waals surface area contributed by atoms with E-state index in [4.69, 9.17) is 23.8 Å². The summed E-state index contributed by atoms with van der Waals surface area (Å²) in [6.45, 7) is 2.39. The maximum Gasteiger partial charge on any atom is 0.281 e. The van der Waals surface area contributed by atoms with Crippen molar-refractivity contribution in [2.75, 3.05) is 4.90 Å². The topological polar surface area (TPSA) is 61.4 Å². The van der Waals surface area contributed by atoms with Crippen LogP contribution in [0, 0.1) is 6.92 Å². The lowest BCUT2D eigenvalue weighted by atomic mass is 10.1. The van der Waals surface area contributed by atoms with Gasteiger partial charge in [0.2, 0.25) is 0 Å². The van der Waals surface area contributed by atoms with E-state index in [1.165, 1.54) is 4.90 Å². The molecule has 0 bridgehead atoms. The molecule has 0 spiro atoms. The third kappa shape index (κ3) is 4.88. The van der Waals surface area contributed by atoms with Gasteiger partial charge in [-0.1, -0.05) is 53.6 Å². The van der Waals surface area contributed by atoms with Gasteiger partial charge in [0.1, 0.15) is 5.70 Å². The van der Waals surface area contributed by atoms with Crippen LogP contribution in [0.3, 0.4) is 0 Å². The van der Waals surface area contributed by atoms with Gasteiger partial charge in [0.25, 0.3) is 11.8 Å². The van der Waals surface area contributed by atoms with Crippen molar-refractivity contribution in [3.8, 4) is 0 Å². The molecule has 3 aromatic carbocycles. The summed E-state index contributed by atoms with van der Waals surface area (Å²) in [6, 6.07) is 21.9. The van der Waals surface area contributed by atoms with Crippen LogP contribution in [-0.4, -0.2) is 16.9 Å². The number of nitrogens with one attached hydrogen (secondary N) is 2.